The minimum Gasteiger partial charge on any atom is -0.422 e. The van der Waals surface area contributed by atoms with Crippen LogP contribution < -0.4 is 10.9 Å². The summed E-state index contributed by atoms with van der Waals surface area (Å²) in [6.07, 6.45) is -0.196. The fourth-order valence-corrected chi connectivity index (χ4v) is 3.99. The first kappa shape index (κ1) is 19.5. The molecule has 2 amide bonds. The van der Waals surface area contributed by atoms with Gasteiger partial charge in [-0.2, -0.15) is 0 Å². The van der Waals surface area contributed by atoms with Crippen LogP contribution in [-0.4, -0.2) is 27.0 Å². The van der Waals surface area contributed by atoms with Crippen molar-refractivity contribution in [2.45, 2.75) is 11.7 Å². The molecule has 1 N–H and O–H groups in total. The van der Waals surface area contributed by atoms with E-state index in [1.165, 1.54) is 24.3 Å². The predicted molar refractivity (Wildman–Crippen MR) is 112 cm³/mol. The number of aliphatic imine (C=N–C) groups is 1. The maximum absolute atomic E-state index is 12.3. The van der Waals surface area contributed by atoms with Crippen molar-refractivity contribution >= 4 is 51.0 Å². The molecule has 30 heavy (non-hydrogen) atoms. The highest BCUT2D eigenvalue weighted by molar-refractivity contribution is 8.16. The third-order valence-corrected chi connectivity index (χ3v) is 5.51. The van der Waals surface area contributed by atoms with Gasteiger partial charge in [-0.3, -0.25) is 19.7 Å². The number of amides is 2. The number of anilines is 1. The normalized spacial score (nSPS) is 15.8. The van der Waals surface area contributed by atoms with E-state index < -0.39 is 27.6 Å². The number of nitro groups is 1. The lowest BCUT2D eigenvalue weighted by molar-refractivity contribution is -0.384. The van der Waals surface area contributed by atoms with Crippen molar-refractivity contribution in [1.29, 1.82) is 0 Å². The molecule has 1 atom stereocenters. The van der Waals surface area contributed by atoms with E-state index in [1.54, 1.807) is 30.3 Å². The fourth-order valence-electron chi connectivity index (χ4n) is 2.92. The van der Waals surface area contributed by atoms with Crippen molar-refractivity contribution in [2.75, 3.05) is 5.32 Å². The van der Waals surface area contributed by atoms with E-state index in [-0.39, 0.29) is 28.4 Å². The molecule has 9 nitrogen and oxygen atoms in total. The van der Waals surface area contributed by atoms with Crippen LogP contribution in [0, 0.1) is 10.1 Å². The summed E-state index contributed by atoms with van der Waals surface area (Å²) in [5.74, 6) is -1.03. The highest BCUT2D eigenvalue weighted by Crippen LogP contribution is 2.29. The van der Waals surface area contributed by atoms with Crippen molar-refractivity contribution in [3.8, 4) is 0 Å². The molecule has 3 aromatic rings. The molecule has 0 radical (unpaired) electrons. The van der Waals surface area contributed by atoms with Crippen LogP contribution in [-0.2, 0) is 9.59 Å². The SMILES string of the molecule is O=C(CC1SC(c2cc3ccccc3oc2=O)=NC1=O)Nc1cccc([N+](=O)[O-])c1. The first-order valence-corrected chi connectivity index (χ1v) is 9.65. The lowest BCUT2D eigenvalue weighted by Crippen LogP contribution is -2.21. The van der Waals surface area contributed by atoms with Gasteiger partial charge in [0.25, 0.3) is 11.6 Å². The Balaban J connectivity index is 1.47. The summed E-state index contributed by atoms with van der Waals surface area (Å²) in [7, 11) is 0. The maximum Gasteiger partial charge on any atom is 0.346 e. The Morgan fingerprint density at radius 1 is 1.17 bits per heavy atom. The van der Waals surface area contributed by atoms with Gasteiger partial charge in [0.2, 0.25) is 5.91 Å². The van der Waals surface area contributed by atoms with E-state index in [9.17, 15) is 24.5 Å². The van der Waals surface area contributed by atoms with Gasteiger partial charge >= 0.3 is 5.63 Å². The van der Waals surface area contributed by atoms with Crippen molar-refractivity contribution in [3.63, 3.8) is 0 Å². The van der Waals surface area contributed by atoms with Crippen molar-refractivity contribution in [1.82, 2.24) is 0 Å². The molecule has 1 aromatic heterocycles. The zero-order valence-corrected chi connectivity index (χ0v) is 16.0. The highest BCUT2D eigenvalue weighted by atomic mass is 32.2. The van der Waals surface area contributed by atoms with E-state index >= 15 is 0 Å². The average molecular weight is 423 g/mol. The van der Waals surface area contributed by atoms with Gasteiger partial charge < -0.3 is 9.73 Å². The van der Waals surface area contributed by atoms with Crippen LogP contribution in [0.15, 0.2) is 68.8 Å². The molecular formula is C20H13N3O6S. The zero-order valence-electron chi connectivity index (χ0n) is 15.2. The van der Waals surface area contributed by atoms with E-state index in [2.05, 4.69) is 10.3 Å². The number of nitro benzene ring substituents is 1. The van der Waals surface area contributed by atoms with Gasteiger partial charge in [0.05, 0.1) is 10.5 Å². The number of thioether (sulfide) groups is 1. The molecule has 1 unspecified atom stereocenters. The van der Waals surface area contributed by atoms with Gasteiger partial charge in [0.1, 0.15) is 15.9 Å². The number of hydrogen-bond donors (Lipinski definition) is 1. The Hall–Kier alpha value is -3.79. The molecule has 4 rings (SSSR count). The molecular weight excluding hydrogens is 410 g/mol. The zero-order chi connectivity index (χ0) is 21.3. The van der Waals surface area contributed by atoms with Crippen LogP contribution in [0.4, 0.5) is 11.4 Å². The minimum absolute atomic E-state index is 0.159. The minimum atomic E-state index is -0.801. The Morgan fingerprint density at radius 3 is 2.77 bits per heavy atom. The number of nitrogens with zero attached hydrogens (tertiary/aromatic N) is 2. The molecule has 10 heteroatoms. The van der Waals surface area contributed by atoms with Gasteiger partial charge in [0.15, 0.2) is 0 Å². The molecule has 1 aliphatic rings. The lowest BCUT2D eigenvalue weighted by Gasteiger charge is -2.08. The number of benzene rings is 2. The summed E-state index contributed by atoms with van der Waals surface area (Å²) in [5.41, 5.74) is 0.0610. The van der Waals surface area contributed by atoms with Gasteiger partial charge in [-0.15, -0.1) is 0 Å². The van der Waals surface area contributed by atoms with Crippen LogP contribution in [0.1, 0.15) is 12.0 Å². The van der Waals surface area contributed by atoms with Gasteiger partial charge in [0, 0.05) is 29.6 Å². The van der Waals surface area contributed by atoms with Gasteiger partial charge in [-0.1, -0.05) is 36.0 Å². The summed E-state index contributed by atoms with van der Waals surface area (Å²) in [5, 5.41) is 13.5. The molecule has 0 aliphatic carbocycles. The van der Waals surface area contributed by atoms with Crippen LogP contribution in [0.2, 0.25) is 0 Å². The van der Waals surface area contributed by atoms with Crippen LogP contribution in [0.3, 0.4) is 0 Å². The molecule has 1 aliphatic heterocycles. The van der Waals surface area contributed by atoms with Crippen LogP contribution >= 0.6 is 11.8 Å². The third-order valence-electron chi connectivity index (χ3n) is 4.32. The highest BCUT2D eigenvalue weighted by Gasteiger charge is 2.32. The summed E-state index contributed by atoms with van der Waals surface area (Å²) >= 11 is 1.01. The topological polar surface area (TPSA) is 132 Å². The summed E-state index contributed by atoms with van der Waals surface area (Å²) in [6.45, 7) is 0. The molecule has 0 saturated carbocycles. The van der Waals surface area contributed by atoms with E-state index in [0.717, 1.165) is 11.8 Å². The molecule has 0 fully saturated rings. The molecule has 2 heterocycles. The second-order valence-corrected chi connectivity index (χ2v) is 7.60. The smallest absolute Gasteiger partial charge is 0.346 e. The van der Waals surface area contributed by atoms with E-state index in [4.69, 9.17) is 4.42 Å². The van der Waals surface area contributed by atoms with Crippen molar-refractivity contribution in [2.24, 2.45) is 4.99 Å². The number of rotatable bonds is 5. The second-order valence-electron chi connectivity index (χ2n) is 6.41. The predicted octanol–water partition coefficient (Wildman–Crippen LogP) is 3.12. The monoisotopic (exact) mass is 423 g/mol. The van der Waals surface area contributed by atoms with E-state index in [0.29, 0.717) is 11.0 Å². The maximum atomic E-state index is 12.3. The largest absolute Gasteiger partial charge is 0.422 e. The van der Waals surface area contributed by atoms with Gasteiger partial charge in [-0.05, 0) is 18.2 Å². The molecule has 0 spiro atoms. The standard InChI is InChI=1S/C20H13N3O6S/c24-17(21-12-5-3-6-13(9-12)23(27)28)10-16-18(25)22-19(30-16)14-8-11-4-1-2-7-15(11)29-20(14)26/h1-9,16H,10H2,(H,21,24). The summed E-state index contributed by atoms with van der Waals surface area (Å²) in [4.78, 5) is 51.0. The molecule has 0 bridgehead atoms. The van der Waals surface area contributed by atoms with Crippen LogP contribution in [0.5, 0.6) is 0 Å². The number of hydrogen-bond acceptors (Lipinski definition) is 7. The number of fused-ring (bicyclic) bond motifs is 1. The van der Waals surface area contributed by atoms with Crippen molar-refractivity contribution < 1.29 is 18.9 Å². The first-order chi connectivity index (χ1) is 14.4. The summed E-state index contributed by atoms with van der Waals surface area (Å²) in [6, 6.07) is 14.1. The van der Waals surface area contributed by atoms with Crippen LogP contribution in [0.25, 0.3) is 11.0 Å². The Morgan fingerprint density at radius 2 is 1.97 bits per heavy atom. The number of para-hydroxylation sites is 1. The Labute approximate surface area is 172 Å². The third kappa shape index (κ3) is 3.98. The average Bonchev–Trinajstić information content (AvgIpc) is 3.07. The Kier molecular flexibility index (Phi) is 5.15. The molecule has 2 aromatic carbocycles. The molecule has 0 saturated heterocycles. The van der Waals surface area contributed by atoms with E-state index in [1.807, 2.05) is 0 Å². The quantitative estimate of drug-likeness (QED) is 0.379. The lowest BCUT2D eigenvalue weighted by atomic mass is 10.2. The second kappa shape index (κ2) is 7.91. The Bertz CT molecular complexity index is 1280. The first-order valence-electron chi connectivity index (χ1n) is 8.77. The van der Waals surface area contributed by atoms with Gasteiger partial charge in [-0.25, -0.2) is 9.79 Å². The number of non-ortho nitro benzene ring substituents is 1. The number of carbonyl (C=O) groups excluding carboxylic acids is 2. The molecule has 150 valence electrons. The van der Waals surface area contributed by atoms with Crippen molar-refractivity contribution in [3.05, 3.63) is 80.7 Å². The number of carbonyl (C=O) groups is 2. The number of nitrogens with one attached hydrogen (secondary N) is 1. The fraction of sp³-hybridized carbons (Fsp3) is 0.100. The summed E-state index contributed by atoms with van der Waals surface area (Å²) < 4.78 is 5.27.